The monoisotopic (exact) mass is 349 g/mol. The molecule has 1 aromatic rings. The van der Waals surface area contributed by atoms with Gasteiger partial charge in [0.15, 0.2) is 11.5 Å². The fourth-order valence-corrected chi connectivity index (χ4v) is 1.98. The minimum atomic E-state index is -0.768. The van der Waals surface area contributed by atoms with E-state index < -0.39 is 11.9 Å². The molecule has 0 fully saturated rings. The van der Waals surface area contributed by atoms with Gasteiger partial charge < -0.3 is 26.1 Å². The second-order valence-corrected chi connectivity index (χ2v) is 5.05. The van der Waals surface area contributed by atoms with Gasteiger partial charge in [-0.25, -0.2) is 4.79 Å². The van der Waals surface area contributed by atoms with Crippen LogP contribution in [0.3, 0.4) is 0 Å². The first-order valence-electron chi connectivity index (χ1n) is 7.23. The standard InChI is InChI=1S/C16H23NO6.Na.H/c1-10(17)6-5-7-14(18)23-16(19)11-8-12(20-2)15(22-4)13(9-11)21-3;;/h8-10H,5-7,17H2,1-4H3;;/q;+1;-1. The van der Waals surface area contributed by atoms with Crippen LogP contribution < -0.4 is 49.5 Å². The summed E-state index contributed by atoms with van der Waals surface area (Å²) in [7, 11) is 4.33. The Hall–Kier alpha value is -1.28. The van der Waals surface area contributed by atoms with Crippen LogP contribution in [0.5, 0.6) is 17.2 Å². The van der Waals surface area contributed by atoms with Crippen molar-refractivity contribution in [1.29, 1.82) is 0 Å². The molecule has 1 atom stereocenters. The van der Waals surface area contributed by atoms with Gasteiger partial charge in [-0.2, -0.15) is 0 Å². The summed E-state index contributed by atoms with van der Waals surface area (Å²) in [6.45, 7) is 1.85. The van der Waals surface area contributed by atoms with E-state index in [1.807, 2.05) is 6.92 Å². The number of hydrogen-bond acceptors (Lipinski definition) is 7. The Bertz CT molecular complexity index is 543. The van der Waals surface area contributed by atoms with Gasteiger partial charge in [-0.1, -0.05) is 0 Å². The number of esters is 2. The maximum atomic E-state index is 12.1. The predicted octanol–water partition coefficient (Wildman–Crippen LogP) is -0.970. The third-order valence-corrected chi connectivity index (χ3v) is 3.15. The van der Waals surface area contributed by atoms with E-state index >= 15 is 0 Å². The van der Waals surface area contributed by atoms with Gasteiger partial charge in [0.05, 0.1) is 26.9 Å². The molecule has 0 aliphatic heterocycles. The van der Waals surface area contributed by atoms with Crippen molar-refractivity contribution in [2.45, 2.75) is 32.2 Å². The molecule has 130 valence electrons. The summed E-state index contributed by atoms with van der Waals surface area (Å²) in [6.07, 6.45) is 1.39. The molecule has 0 amide bonds. The number of carbonyl (C=O) groups is 2. The maximum absolute atomic E-state index is 12.1. The summed E-state index contributed by atoms with van der Waals surface area (Å²) in [5.41, 5.74) is 5.74. The Balaban J connectivity index is 0. The van der Waals surface area contributed by atoms with Gasteiger partial charge >= 0.3 is 41.5 Å². The summed E-state index contributed by atoms with van der Waals surface area (Å²) in [5.74, 6) is -0.388. The molecule has 7 nitrogen and oxygen atoms in total. The molecular weight excluding hydrogens is 325 g/mol. The zero-order valence-electron chi connectivity index (χ0n) is 15.9. The van der Waals surface area contributed by atoms with E-state index in [0.29, 0.717) is 30.1 Å². The summed E-state index contributed by atoms with van der Waals surface area (Å²) in [4.78, 5) is 23.7. The molecule has 24 heavy (non-hydrogen) atoms. The van der Waals surface area contributed by atoms with Gasteiger partial charge in [0.1, 0.15) is 0 Å². The van der Waals surface area contributed by atoms with E-state index in [9.17, 15) is 9.59 Å². The molecule has 2 N–H and O–H groups in total. The summed E-state index contributed by atoms with van der Waals surface area (Å²) in [6, 6.07) is 2.87. The number of ether oxygens (including phenoxy) is 4. The van der Waals surface area contributed by atoms with Gasteiger partial charge in [-0.05, 0) is 31.9 Å². The molecule has 0 radical (unpaired) electrons. The maximum Gasteiger partial charge on any atom is 1.00 e. The average molecular weight is 349 g/mol. The first-order chi connectivity index (χ1) is 10.9. The van der Waals surface area contributed by atoms with E-state index in [0.717, 1.165) is 0 Å². The van der Waals surface area contributed by atoms with Crippen molar-refractivity contribution in [3.8, 4) is 17.2 Å². The van der Waals surface area contributed by atoms with Crippen LogP contribution in [0.2, 0.25) is 0 Å². The molecule has 0 aromatic heterocycles. The molecule has 8 heteroatoms. The fourth-order valence-electron chi connectivity index (χ4n) is 1.98. The van der Waals surface area contributed by atoms with Crippen LogP contribution in [0, 0.1) is 0 Å². The zero-order chi connectivity index (χ0) is 17.4. The SMILES string of the molecule is COc1cc(C(=O)OC(=O)CCCC(C)N)cc(OC)c1OC.[H-].[Na+]. The van der Waals surface area contributed by atoms with Gasteiger partial charge in [0.25, 0.3) is 0 Å². The van der Waals surface area contributed by atoms with Crippen LogP contribution in [0.25, 0.3) is 0 Å². The van der Waals surface area contributed by atoms with E-state index in [2.05, 4.69) is 0 Å². The van der Waals surface area contributed by atoms with Crippen LogP contribution in [-0.4, -0.2) is 39.3 Å². The predicted molar refractivity (Wildman–Crippen MR) is 85.1 cm³/mol. The molecule has 0 saturated carbocycles. The minimum absolute atomic E-state index is 0. The number of benzene rings is 1. The Morgan fingerprint density at radius 1 is 1.12 bits per heavy atom. The molecule has 0 saturated heterocycles. The van der Waals surface area contributed by atoms with E-state index in [-0.39, 0.29) is 49.0 Å². The molecular formula is C16H24NNaO6. The summed E-state index contributed by atoms with van der Waals surface area (Å²) in [5, 5.41) is 0. The van der Waals surface area contributed by atoms with Crippen molar-refractivity contribution in [3.63, 3.8) is 0 Å². The van der Waals surface area contributed by atoms with Crippen molar-refractivity contribution in [3.05, 3.63) is 17.7 Å². The average Bonchev–Trinajstić information content (AvgIpc) is 2.52. The Morgan fingerprint density at radius 2 is 1.67 bits per heavy atom. The molecule has 1 unspecified atom stereocenters. The Kier molecular flexibility index (Phi) is 10.7. The van der Waals surface area contributed by atoms with Crippen LogP contribution in [0.15, 0.2) is 12.1 Å². The zero-order valence-corrected chi connectivity index (χ0v) is 16.9. The van der Waals surface area contributed by atoms with E-state index in [1.54, 1.807) is 0 Å². The van der Waals surface area contributed by atoms with Crippen LogP contribution in [0.1, 0.15) is 38.0 Å². The van der Waals surface area contributed by atoms with Crippen molar-refractivity contribution in [1.82, 2.24) is 0 Å². The summed E-state index contributed by atoms with van der Waals surface area (Å²) >= 11 is 0. The second kappa shape index (κ2) is 11.3. The van der Waals surface area contributed by atoms with Crippen molar-refractivity contribution in [2.24, 2.45) is 5.73 Å². The topological polar surface area (TPSA) is 97.1 Å². The molecule has 0 spiro atoms. The largest absolute Gasteiger partial charge is 1.00 e. The van der Waals surface area contributed by atoms with Gasteiger partial charge in [0.2, 0.25) is 5.75 Å². The number of nitrogens with two attached hydrogens (primary N) is 1. The van der Waals surface area contributed by atoms with Crippen LogP contribution >= 0.6 is 0 Å². The van der Waals surface area contributed by atoms with Crippen LogP contribution in [-0.2, 0) is 9.53 Å². The molecule has 1 rings (SSSR count). The molecule has 0 heterocycles. The van der Waals surface area contributed by atoms with Crippen molar-refractivity contribution < 1.29 is 59.5 Å². The molecule has 0 aliphatic carbocycles. The number of carbonyl (C=O) groups excluding carboxylic acids is 2. The fraction of sp³-hybridized carbons (Fsp3) is 0.500. The normalized spacial score (nSPS) is 11.0. The van der Waals surface area contributed by atoms with Gasteiger partial charge in [-0.15, -0.1) is 0 Å². The smallest absolute Gasteiger partial charge is 1.00 e. The molecule has 0 aliphatic rings. The van der Waals surface area contributed by atoms with E-state index in [1.165, 1.54) is 33.5 Å². The van der Waals surface area contributed by atoms with Gasteiger partial charge in [0, 0.05) is 12.5 Å². The quantitative estimate of drug-likeness (QED) is 0.366. The first kappa shape index (κ1) is 22.7. The Morgan fingerprint density at radius 3 is 2.08 bits per heavy atom. The van der Waals surface area contributed by atoms with E-state index in [4.69, 9.17) is 24.7 Å². The number of hydrogen-bond donors (Lipinski definition) is 1. The molecule has 1 aromatic carbocycles. The summed E-state index contributed by atoms with van der Waals surface area (Å²) < 4.78 is 20.3. The molecule has 0 bridgehead atoms. The second-order valence-electron chi connectivity index (χ2n) is 5.05. The number of methoxy groups -OCH3 is 3. The minimum Gasteiger partial charge on any atom is -1.00 e. The van der Waals surface area contributed by atoms with Crippen LogP contribution in [0.4, 0.5) is 0 Å². The Labute approximate surface area is 165 Å². The third kappa shape index (κ3) is 6.68. The first-order valence-corrected chi connectivity index (χ1v) is 7.23. The van der Waals surface area contributed by atoms with Gasteiger partial charge in [-0.3, -0.25) is 4.79 Å². The number of rotatable bonds is 8. The van der Waals surface area contributed by atoms with Crippen molar-refractivity contribution in [2.75, 3.05) is 21.3 Å². The van der Waals surface area contributed by atoms with Crippen molar-refractivity contribution >= 4 is 11.9 Å². The third-order valence-electron chi connectivity index (χ3n) is 3.15.